The van der Waals surface area contributed by atoms with Crippen molar-refractivity contribution in [1.82, 2.24) is 0 Å². The molecule has 0 heterocycles. The Labute approximate surface area is 151 Å². The molecule has 0 saturated heterocycles. The maximum atomic E-state index is 13.4. The minimum Gasteiger partial charge on any atom is -0.393 e. The molecular weight excluding hydrogens is 316 g/mol. The minimum absolute atomic E-state index is 0.00605. The van der Waals surface area contributed by atoms with Crippen molar-refractivity contribution in [2.45, 2.75) is 89.9 Å². The Hall–Kier alpha value is -0.450. The van der Waals surface area contributed by atoms with Gasteiger partial charge in [0.25, 0.3) is 0 Å². The third-order valence-electron chi connectivity index (χ3n) is 9.23. The summed E-state index contributed by atoms with van der Waals surface area (Å²) in [5, 5.41) is 31.6. The van der Waals surface area contributed by atoms with Gasteiger partial charge in [-0.15, -0.1) is 0 Å². The third kappa shape index (κ3) is 2.20. The molecule has 0 radical (unpaired) electrons. The molecule has 0 unspecified atom stereocenters. The van der Waals surface area contributed by atoms with Gasteiger partial charge in [-0.2, -0.15) is 0 Å². The topological polar surface area (TPSA) is 77.8 Å². The third-order valence-corrected chi connectivity index (χ3v) is 9.23. The fourth-order valence-corrected chi connectivity index (χ4v) is 7.77. The Morgan fingerprint density at radius 3 is 2.52 bits per heavy atom. The number of Topliss-reactive ketones (excluding diaryl/α,β-unsaturated/α-hetero) is 1. The number of rotatable bonds is 1. The molecule has 0 aromatic heterocycles. The molecule has 0 aromatic carbocycles. The van der Waals surface area contributed by atoms with Crippen LogP contribution in [0.5, 0.6) is 0 Å². The first kappa shape index (κ1) is 17.9. The molecule has 4 aliphatic rings. The lowest BCUT2D eigenvalue weighted by molar-refractivity contribution is -0.190. The van der Waals surface area contributed by atoms with Crippen LogP contribution < -0.4 is 0 Å². The van der Waals surface area contributed by atoms with Crippen molar-refractivity contribution < 1.29 is 20.1 Å². The summed E-state index contributed by atoms with van der Waals surface area (Å²) in [6, 6.07) is 0. The maximum Gasteiger partial charge on any atom is 0.137 e. The van der Waals surface area contributed by atoms with Gasteiger partial charge in [-0.25, -0.2) is 0 Å². The van der Waals surface area contributed by atoms with Crippen LogP contribution in [0, 0.1) is 34.5 Å². The Balaban J connectivity index is 1.70. The quantitative estimate of drug-likeness (QED) is 0.679. The molecule has 142 valence electrons. The highest BCUT2D eigenvalue weighted by Gasteiger charge is 2.68. The van der Waals surface area contributed by atoms with E-state index in [4.69, 9.17) is 0 Å². The number of fused-ring (bicyclic) bond motifs is 5. The lowest BCUT2D eigenvalue weighted by Gasteiger charge is -2.60. The average molecular weight is 350 g/mol. The first-order chi connectivity index (χ1) is 11.6. The van der Waals surface area contributed by atoms with E-state index in [1.165, 1.54) is 0 Å². The number of carbonyl (C=O) groups excluding carboxylic acids is 1. The number of hydrogen-bond acceptors (Lipinski definition) is 4. The van der Waals surface area contributed by atoms with Gasteiger partial charge in [0, 0.05) is 17.8 Å². The molecule has 0 bridgehead atoms. The summed E-state index contributed by atoms with van der Waals surface area (Å²) in [4.78, 5) is 13.4. The summed E-state index contributed by atoms with van der Waals surface area (Å²) in [7, 11) is 0. The summed E-state index contributed by atoms with van der Waals surface area (Å²) in [6.45, 7) is 6.01. The zero-order valence-corrected chi connectivity index (χ0v) is 15.9. The molecule has 3 N–H and O–H groups in total. The molecule has 4 saturated carbocycles. The van der Waals surface area contributed by atoms with Gasteiger partial charge in [0.05, 0.1) is 17.8 Å². The number of ketones is 1. The van der Waals surface area contributed by atoms with Crippen LogP contribution in [-0.4, -0.2) is 38.9 Å². The Bertz CT molecular complexity index is 574. The highest BCUT2D eigenvalue weighted by molar-refractivity contribution is 5.84. The second kappa shape index (κ2) is 5.53. The van der Waals surface area contributed by atoms with E-state index in [1.54, 1.807) is 6.92 Å². The second-order valence-corrected chi connectivity index (χ2v) is 10.2. The van der Waals surface area contributed by atoms with Crippen LogP contribution in [0.3, 0.4) is 0 Å². The van der Waals surface area contributed by atoms with Crippen LogP contribution in [0.4, 0.5) is 0 Å². The molecule has 25 heavy (non-hydrogen) atoms. The van der Waals surface area contributed by atoms with Gasteiger partial charge in [-0.3, -0.25) is 4.79 Å². The number of aliphatic hydroxyl groups excluding tert-OH is 2. The molecule has 0 amide bonds. The first-order valence-electron chi connectivity index (χ1n) is 10.2. The molecule has 0 spiro atoms. The van der Waals surface area contributed by atoms with Crippen molar-refractivity contribution in [1.29, 1.82) is 0 Å². The summed E-state index contributed by atoms with van der Waals surface area (Å²) in [5.41, 5.74) is -1.64. The predicted molar refractivity (Wildman–Crippen MR) is 94.8 cm³/mol. The first-order valence-corrected chi connectivity index (χ1v) is 10.2. The fraction of sp³-hybridized carbons (Fsp3) is 0.952. The average Bonchev–Trinajstić information content (AvgIpc) is 2.80. The largest absolute Gasteiger partial charge is 0.393 e. The molecule has 4 rings (SSSR count). The van der Waals surface area contributed by atoms with Crippen LogP contribution in [0.2, 0.25) is 0 Å². The van der Waals surface area contributed by atoms with Crippen molar-refractivity contribution in [3.05, 3.63) is 0 Å². The minimum atomic E-state index is -1.14. The second-order valence-electron chi connectivity index (χ2n) is 10.2. The fourth-order valence-electron chi connectivity index (χ4n) is 7.77. The smallest absolute Gasteiger partial charge is 0.137 e. The van der Waals surface area contributed by atoms with E-state index in [0.717, 1.165) is 38.5 Å². The number of carbonyl (C=O) groups is 1. The standard InChI is InChI=1S/C21H34O4/c1-12(22)21(25)9-7-16-15-5-4-13-10-14(23)6-8-19(13,2)18(15)17(24)11-20(16,21)3/h12-16,18,22-23,25H,4-11H2,1-3H3/t12-,13+,14+,15-,16+,18+,19-,20-,21-/m0/s1. The van der Waals surface area contributed by atoms with E-state index in [0.29, 0.717) is 36.4 Å². The SMILES string of the molecule is C[C@H](O)[C@@]1(O)CC[C@@H]2[C@@H]3CC[C@@H]4C[C@H](O)CC[C@]4(C)[C@H]3C(=O)C[C@@]21C. The molecule has 4 fully saturated rings. The van der Waals surface area contributed by atoms with Gasteiger partial charge in [-0.05, 0) is 75.0 Å². The Morgan fingerprint density at radius 1 is 1.12 bits per heavy atom. The van der Waals surface area contributed by atoms with Gasteiger partial charge in [0.15, 0.2) is 0 Å². The van der Waals surface area contributed by atoms with Crippen molar-refractivity contribution in [3.63, 3.8) is 0 Å². The van der Waals surface area contributed by atoms with Gasteiger partial charge < -0.3 is 15.3 Å². The molecule has 4 nitrogen and oxygen atoms in total. The van der Waals surface area contributed by atoms with Gasteiger partial charge in [0.1, 0.15) is 5.78 Å². The molecule has 9 atom stereocenters. The number of hydrogen-bond donors (Lipinski definition) is 3. The van der Waals surface area contributed by atoms with E-state index in [1.807, 2.05) is 6.92 Å². The monoisotopic (exact) mass is 350 g/mol. The van der Waals surface area contributed by atoms with E-state index < -0.39 is 17.1 Å². The van der Waals surface area contributed by atoms with Crippen molar-refractivity contribution >= 4 is 5.78 Å². The van der Waals surface area contributed by atoms with Crippen LogP contribution in [0.1, 0.15) is 72.1 Å². The van der Waals surface area contributed by atoms with Crippen molar-refractivity contribution in [2.75, 3.05) is 0 Å². The number of aliphatic hydroxyl groups is 3. The van der Waals surface area contributed by atoms with E-state index >= 15 is 0 Å². The summed E-state index contributed by atoms with van der Waals surface area (Å²) in [5.74, 6) is 1.47. The molecule has 0 aliphatic heterocycles. The zero-order chi connectivity index (χ0) is 18.2. The van der Waals surface area contributed by atoms with Crippen LogP contribution >= 0.6 is 0 Å². The maximum absolute atomic E-state index is 13.4. The van der Waals surface area contributed by atoms with Crippen LogP contribution in [0.15, 0.2) is 0 Å². The molecular formula is C21H34O4. The molecule has 4 heteroatoms. The van der Waals surface area contributed by atoms with Gasteiger partial charge in [0.2, 0.25) is 0 Å². The van der Waals surface area contributed by atoms with Gasteiger partial charge >= 0.3 is 0 Å². The predicted octanol–water partition coefficient (Wildman–Crippen LogP) is 2.68. The summed E-state index contributed by atoms with van der Waals surface area (Å²) >= 11 is 0. The normalized spacial score (nSPS) is 56.7. The van der Waals surface area contributed by atoms with E-state index in [-0.39, 0.29) is 17.4 Å². The summed E-state index contributed by atoms with van der Waals surface area (Å²) in [6.07, 6.45) is 5.60. The lowest BCUT2D eigenvalue weighted by atomic mass is 9.44. The Morgan fingerprint density at radius 2 is 1.84 bits per heavy atom. The van der Waals surface area contributed by atoms with E-state index in [2.05, 4.69) is 6.92 Å². The molecule has 0 aromatic rings. The van der Waals surface area contributed by atoms with E-state index in [9.17, 15) is 20.1 Å². The van der Waals surface area contributed by atoms with Crippen molar-refractivity contribution in [2.24, 2.45) is 34.5 Å². The van der Waals surface area contributed by atoms with Crippen molar-refractivity contribution in [3.8, 4) is 0 Å². The van der Waals surface area contributed by atoms with Gasteiger partial charge in [-0.1, -0.05) is 13.8 Å². The highest BCUT2D eigenvalue weighted by atomic mass is 16.3. The highest BCUT2D eigenvalue weighted by Crippen LogP contribution is 2.67. The van der Waals surface area contributed by atoms with Crippen LogP contribution in [-0.2, 0) is 4.79 Å². The Kier molecular flexibility index (Phi) is 3.97. The summed E-state index contributed by atoms with van der Waals surface area (Å²) < 4.78 is 0. The molecule has 4 aliphatic carbocycles. The van der Waals surface area contributed by atoms with Crippen LogP contribution in [0.25, 0.3) is 0 Å². The zero-order valence-electron chi connectivity index (χ0n) is 15.9. The lowest BCUT2D eigenvalue weighted by Crippen LogP contribution is -2.62.